The molecule has 0 unspecified atom stereocenters. The van der Waals surface area contributed by atoms with E-state index in [2.05, 4.69) is 10.5 Å². The molecule has 0 spiro atoms. The zero-order chi connectivity index (χ0) is 17.0. The highest BCUT2D eigenvalue weighted by Gasteiger charge is 2.12. The van der Waals surface area contributed by atoms with Gasteiger partial charge < -0.3 is 5.11 Å². The summed E-state index contributed by atoms with van der Waals surface area (Å²) < 4.78 is 13.7. The minimum Gasteiger partial charge on any atom is -0.506 e. The first-order valence-electron chi connectivity index (χ1n) is 6.13. The molecule has 1 amide bonds. The van der Waals surface area contributed by atoms with Crippen molar-refractivity contribution in [3.8, 4) is 11.8 Å². The van der Waals surface area contributed by atoms with Crippen molar-refractivity contribution in [3.63, 3.8) is 0 Å². The van der Waals surface area contributed by atoms with Gasteiger partial charge in [-0.15, -0.1) is 0 Å². The number of amides is 1. The number of phenols is 1. The van der Waals surface area contributed by atoms with Gasteiger partial charge in [-0.1, -0.05) is 23.2 Å². The van der Waals surface area contributed by atoms with Crippen LogP contribution in [-0.4, -0.2) is 17.2 Å². The van der Waals surface area contributed by atoms with Crippen molar-refractivity contribution < 1.29 is 14.3 Å². The van der Waals surface area contributed by atoms with Crippen LogP contribution >= 0.6 is 23.2 Å². The van der Waals surface area contributed by atoms with Crippen molar-refractivity contribution >= 4 is 35.3 Å². The number of hydrazone groups is 1. The Balaban J connectivity index is 2.15. The monoisotopic (exact) mass is 351 g/mol. The van der Waals surface area contributed by atoms with Crippen LogP contribution in [0.15, 0.2) is 35.4 Å². The molecule has 0 atom stereocenters. The number of hydrogen-bond donors (Lipinski definition) is 2. The second-order valence-electron chi connectivity index (χ2n) is 4.33. The maximum Gasteiger partial charge on any atom is 0.274 e. The average molecular weight is 352 g/mol. The Morgan fingerprint density at radius 1 is 1.35 bits per heavy atom. The molecule has 8 heteroatoms. The first kappa shape index (κ1) is 16.7. The Labute approximate surface area is 140 Å². The molecule has 0 saturated carbocycles. The molecule has 0 bridgehead atoms. The van der Waals surface area contributed by atoms with E-state index in [1.807, 2.05) is 0 Å². The molecule has 2 N–H and O–H groups in total. The number of hydrogen-bond acceptors (Lipinski definition) is 4. The third-order valence-electron chi connectivity index (χ3n) is 2.77. The normalized spacial score (nSPS) is 10.5. The molecule has 0 aromatic heterocycles. The van der Waals surface area contributed by atoms with Crippen LogP contribution in [-0.2, 0) is 0 Å². The average Bonchev–Trinajstić information content (AvgIpc) is 2.51. The Morgan fingerprint density at radius 2 is 2.09 bits per heavy atom. The predicted molar refractivity (Wildman–Crippen MR) is 84.3 cm³/mol. The summed E-state index contributed by atoms with van der Waals surface area (Å²) in [7, 11) is 0. The first-order valence-corrected chi connectivity index (χ1v) is 6.89. The molecular formula is C15H8Cl2FN3O2. The van der Waals surface area contributed by atoms with Crippen molar-refractivity contribution in [3.05, 3.63) is 62.9 Å². The Hall–Kier alpha value is -2.62. The quantitative estimate of drug-likeness (QED) is 0.655. The molecular weight excluding hydrogens is 344 g/mol. The smallest absolute Gasteiger partial charge is 0.274 e. The van der Waals surface area contributed by atoms with Gasteiger partial charge in [0.2, 0.25) is 0 Å². The fourth-order valence-electron chi connectivity index (χ4n) is 1.67. The van der Waals surface area contributed by atoms with Crippen LogP contribution in [0.2, 0.25) is 10.0 Å². The zero-order valence-electron chi connectivity index (χ0n) is 11.3. The van der Waals surface area contributed by atoms with E-state index in [0.717, 1.165) is 12.3 Å². The van der Waals surface area contributed by atoms with Gasteiger partial charge in [-0.2, -0.15) is 10.4 Å². The van der Waals surface area contributed by atoms with Gasteiger partial charge in [0.05, 0.1) is 28.4 Å². The second kappa shape index (κ2) is 7.09. The third-order valence-corrected chi connectivity index (χ3v) is 3.28. The standard InChI is InChI=1S/C15H8Cl2FN3O2/c16-10-4-9(14(22)12(17)5-10)7-20-21-15(23)11-2-1-8(6-19)3-13(11)18/h1-5,7,22H,(H,21,23)/b20-7-. The van der Waals surface area contributed by atoms with Crippen molar-refractivity contribution in [1.29, 1.82) is 5.26 Å². The molecule has 0 radical (unpaired) electrons. The van der Waals surface area contributed by atoms with Gasteiger partial charge in [-0.25, -0.2) is 9.82 Å². The number of benzene rings is 2. The van der Waals surface area contributed by atoms with E-state index in [-0.39, 0.29) is 32.5 Å². The van der Waals surface area contributed by atoms with Crippen LogP contribution in [0.4, 0.5) is 4.39 Å². The summed E-state index contributed by atoms with van der Waals surface area (Å²) in [6, 6.07) is 7.93. The minimum atomic E-state index is -0.842. The van der Waals surface area contributed by atoms with Crippen LogP contribution in [0.5, 0.6) is 5.75 Å². The Kier molecular flexibility index (Phi) is 5.16. The Morgan fingerprint density at radius 3 is 2.74 bits per heavy atom. The van der Waals surface area contributed by atoms with E-state index >= 15 is 0 Å². The molecule has 0 fully saturated rings. The van der Waals surface area contributed by atoms with Gasteiger partial charge in [-0.05, 0) is 30.3 Å². The molecule has 2 aromatic carbocycles. The molecule has 2 aromatic rings. The number of carbonyl (C=O) groups excluding carboxylic acids is 1. The van der Waals surface area contributed by atoms with Gasteiger partial charge in [0.1, 0.15) is 11.6 Å². The summed E-state index contributed by atoms with van der Waals surface area (Å²) in [5.41, 5.74) is 2.11. The van der Waals surface area contributed by atoms with Crippen LogP contribution in [0.3, 0.4) is 0 Å². The first-order chi connectivity index (χ1) is 10.9. The predicted octanol–water partition coefficient (Wildman–Crippen LogP) is 3.47. The molecule has 0 aliphatic heterocycles. The Bertz CT molecular complexity index is 847. The number of aromatic hydroxyl groups is 1. The highest BCUT2D eigenvalue weighted by atomic mass is 35.5. The molecule has 23 heavy (non-hydrogen) atoms. The molecule has 0 saturated heterocycles. The number of nitrogens with one attached hydrogen (secondary N) is 1. The van der Waals surface area contributed by atoms with Crippen LogP contribution in [0.25, 0.3) is 0 Å². The van der Waals surface area contributed by atoms with E-state index in [9.17, 15) is 14.3 Å². The topological polar surface area (TPSA) is 85.5 Å². The van der Waals surface area contributed by atoms with Gasteiger partial charge >= 0.3 is 0 Å². The summed E-state index contributed by atoms with van der Waals surface area (Å²) >= 11 is 11.5. The summed E-state index contributed by atoms with van der Waals surface area (Å²) in [5.74, 6) is -1.90. The van der Waals surface area contributed by atoms with Crippen molar-refractivity contribution in [1.82, 2.24) is 5.43 Å². The number of nitrogens with zero attached hydrogens (tertiary/aromatic N) is 2. The van der Waals surface area contributed by atoms with Crippen LogP contribution < -0.4 is 5.43 Å². The fourth-order valence-corrected chi connectivity index (χ4v) is 2.18. The van der Waals surface area contributed by atoms with E-state index < -0.39 is 11.7 Å². The summed E-state index contributed by atoms with van der Waals surface area (Å²) in [4.78, 5) is 11.8. The van der Waals surface area contributed by atoms with Gasteiger partial charge in [0, 0.05) is 10.6 Å². The maximum atomic E-state index is 13.7. The molecule has 2 rings (SSSR count). The van der Waals surface area contributed by atoms with Crippen molar-refractivity contribution in [2.24, 2.45) is 5.10 Å². The van der Waals surface area contributed by atoms with E-state index in [0.29, 0.717) is 0 Å². The lowest BCUT2D eigenvalue weighted by molar-refractivity contribution is 0.0951. The molecule has 116 valence electrons. The zero-order valence-corrected chi connectivity index (χ0v) is 12.9. The molecule has 0 aliphatic rings. The number of phenolic OH excluding ortho intramolecular Hbond substituents is 1. The van der Waals surface area contributed by atoms with Gasteiger partial charge in [0.25, 0.3) is 5.91 Å². The third kappa shape index (κ3) is 3.97. The van der Waals surface area contributed by atoms with E-state index in [1.54, 1.807) is 6.07 Å². The lowest BCUT2D eigenvalue weighted by Gasteiger charge is -2.03. The van der Waals surface area contributed by atoms with Crippen LogP contribution in [0.1, 0.15) is 21.5 Å². The summed E-state index contributed by atoms with van der Waals surface area (Å²) in [6.07, 6.45) is 1.12. The highest BCUT2D eigenvalue weighted by Crippen LogP contribution is 2.29. The molecule has 0 aliphatic carbocycles. The molecule has 0 heterocycles. The lowest BCUT2D eigenvalue weighted by Crippen LogP contribution is -2.19. The highest BCUT2D eigenvalue weighted by molar-refractivity contribution is 6.36. The lowest BCUT2D eigenvalue weighted by atomic mass is 10.1. The van der Waals surface area contributed by atoms with E-state index in [1.165, 1.54) is 24.3 Å². The molecule has 5 nitrogen and oxygen atoms in total. The number of rotatable bonds is 3. The van der Waals surface area contributed by atoms with Crippen molar-refractivity contribution in [2.75, 3.05) is 0 Å². The van der Waals surface area contributed by atoms with Crippen molar-refractivity contribution in [2.45, 2.75) is 0 Å². The SMILES string of the molecule is N#Cc1ccc(C(=O)N/N=C\c2cc(Cl)cc(Cl)c2O)c(F)c1. The number of carbonyl (C=O) groups is 1. The minimum absolute atomic E-state index is 0.0309. The summed E-state index contributed by atoms with van der Waals surface area (Å²) in [5, 5.41) is 22.3. The summed E-state index contributed by atoms with van der Waals surface area (Å²) in [6.45, 7) is 0. The maximum absolute atomic E-state index is 13.7. The largest absolute Gasteiger partial charge is 0.506 e. The van der Waals surface area contributed by atoms with E-state index in [4.69, 9.17) is 28.5 Å². The van der Waals surface area contributed by atoms with Gasteiger partial charge in [-0.3, -0.25) is 4.79 Å². The second-order valence-corrected chi connectivity index (χ2v) is 5.17. The number of halogens is 3. The fraction of sp³-hybridized carbons (Fsp3) is 0. The van der Waals surface area contributed by atoms with Crippen LogP contribution in [0, 0.1) is 17.1 Å². The number of nitriles is 1. The van der Waals surface area contributed by atoms with Gasteiger partial charge in [0.15, 0.2) is 0 Å².